The molecule has 3 heterocycles. The highest BCUT2D eigenvalue weighted by molar-refractivity contribution is 6.31. The van der Waals surface area contributed by atoms with Crippen LogP contribution in [0.25, 0.3) is 0 Å². The minimum atomic E-state index is -1.64. The molecule has 3 aromatic rings. The second-order valence-electron chi connectivity index (χ2n) is 12.1. The maximum atomic E-state index is 15.0. The van der Waals surface area contributed by atoms with Crippen LogP contribution in [0.5, 0.6) is 5.75 Å². The lowest BCUT2D eigenvalue weighted by Gasteiger charge is -2.37. The van der Waals surface area contributed by atoms with Gasteiger partial charge in [-0.05, 0) is 72.5 Å². The number of hydrogen-bond donors (Lipinski definition) is 0. The minimum Gasteiger partial charge on any atom is -0.497 e. The summed E-state index contributed by atoms with van der Waals surface area (Å²) in [4.78, 5) is 62.7. The average Bonchev–Trinajstić information content (AvgIpc) is 3.56. The van der Waals surface area contributed by atoms with Crippen molar-refractivity contribution in [2.24, 2.45) is 11.8 Å². The first kappa shape index (κ1) is 28.9. The van der Waals surface area contributed by atoms with Crippen LogP contribution in [0, 0.1) is 11.8 Å². The summed E-state index contributed by atoms with van der Waals surface area (Å²) in [6.45, 7) is 0. The molecule has 4 aliphatic rings. The summed E-state index contributed by atoms with van der Waals surface area (Å²) >= 11 is 12.5. The largest absolute Gasteiger partial charge is 0.497 e. The van der Waals surface area contributed by atoms with Crippen LogP contribution in [0.3, 0.4) is 0 Å². The molecule has 44 heavy (non-hydrogen) atoms. The molecule has 10 heteroatoms. The summed E-state index contributed by atoms with van der Waals surface area (Å²) in [6.07, 6.45) is 4.45. The van der Waals surface area contributed by atoms with E-state index in [-0.39, 0.29) is 24.3 Å². The van der Waals surface area contributed by atoms with Crippen molar-refractivity contribution in [1.29, 1.82) is 0 Å². The predicted molar refractivity (Wildman–Crippen MR) is 166 cm³/mol. The Labute approximate surface area is 265 Å². The number of halogens is 2. The van der Waals surface area contributed by atoms with Gasteiger partial charge >= 0.3 is 6.03 Å². The standard InChI is InChI=1S/C34H31Cl2N3O5/c1-44-26-17-15-25(16-18-26)38-32(42)34(19-20-7-11-22(35)12-8-20)28-27(30(40)37(31(28)41)24-5-3-2-4-6-24)29(39(34)33(38)43)21-9-13-23(36)14-10-21/h7-18,24,27-29H,2-6,19H2,1H3/t27?,28?,29?,34-/m1/s1. The topological polar surface area (TPSA) is 87.2 Å². The Hall–Kier alpha value is -3.88. The highest BCUT2D eigenvalue weighted by Gasteiger charge is 2.77. The molecule has 3 aromatic carbocycles. The number of benzene rings is 3. The van der Waals surface area contributed by atoms with Crippen molar-refractivity contribution in [3.05, 3.63) is 94.0 Å². The lowest BCUT2D eigenvalue weighted by molar-refractivity contribution is -0.147. The van der Waals surface area contributed by atoms with Crippen LogP contribution in [0.4, 0.5) is 10.5 Å². The average molecular weight is 633 g/mol. The van der Waals surface area contributed by atoms with Crippen LogP contribution in [0.15, 0.2) is 72.8 Å². The van der Waals surface area contributed by atoms with Gasteiger partial charge in [0.15, 0.2) is 0 Å². The van der Waals surface area contributed by atoms with E-state index in [9.17, 15) is 19.2 Å². The van der Waals surface area contributed by atoms with E-state index < -0.39 is 35.4 Å². The molecule has 4 atom stereocenters. The van der Waals surface area contributed by atoms with Crippen LogP contribution in [0.1, 0.15) is 49.3 Å². The van der Waals surface area contributed by atoms with Gasteiger partial charge in [-0.2, -0.15) is 0 Å². The minimum absolute atomic E-state index is 0.0458. The molecule has 0 aromatic heterocycles. The number of imide groups is 2. The Kier molecular flexibility index (Phi) is 7.17. The molecule has 5 amide bonds. The fraction of sp³-hybridized carbons (Fsp3) is 0.353. The first-order chi connectivity index (χ1) is 21.3. The van der Waals surface area contributed by atoms with Crippen molar-refractivity contribution in [1.82, 2.24) is 9.80 Å². The molecule has 1 aliphatic carbocycles. The van der Waals surface area contributed by atoms with Gasteiger partial charge in [0, 0.05) is 22.5 Å². The van der Waals surface area contributed by atoms with Crippen molar-refractivity contribution < 1.29 is 23.9 Å². The number of carbonyl (C=O) groups excluding carboxylic acids is 4. The summed E-state index contributed by atoms with van der Waals surface area (Å²) in [5, 5.41) is 1.02. The van der Waals surface area contributed by atoms with Gasteiger partial charge < -0.3 is 9.64 Å². The van der Waals surface area contributed by atoms with E-state index in [4.69, 9.17) is 27.9 Å². The third-order valence-electron chi connectivity index (χ3n) is 9.79. The van der Waals surface area contributed by atoms with Gasteiger partial charge in [0.1, 0.15) is 11.3 Å². The quantitative estimate of drug-likeness (QED) is 0.231. The van der Waals surface area contributed by atoms with Crippen molar-refractivity contribution in [3.8, 4) is 5.75 Å². The maximum absolute atomic E-state index is 15.0. The monoisotopic (exact) mass is 631 g/mol. The van der Waals surface area contributed by atoms with Crippen LogP contribution in [0.2, 0.25) is 10.0 Å². The number of ether oxygens (including phenoxy) is 1. The van der Waals surface area contributed by atoms with Gasteiger partial charge in [0.2, 0.25) is 11.8 Å². The second kappa shape index (κ2) is 10.9. The van der Waals surface area contributed by atoms with Crippen molar-refractivity contribution >= 4 is 52.6 Å². The summed E-state index contributed by atoms with van der Waals surface area (Å²) in [5.74, 6) is -2.62. The lowest BCUT2D eigenvalue weighted by atomic mass is 9.75. The molecule has 8 nitrogen and oxygen atoms in total. The molecule has 0 radical (unpaired) electrons. The molecular weight excluding hydrogens is 601 g/mol. The van der Waals surface area contributed by atoms with Crippen molar-refractivity contribution in [3.63, 3.8) is 0 Å². The van der Waals surface area contributed by atoms with E-state index in [0.29, 0.717) is 27.0 Å². The third-order valence-corrected chi connectivity index (χ3v) is 10.3. The molecule has 4 fully saturated rings. The number of nitrogens with zero attached hydrogens (tertiary/aromatic N) is 3. The zero-order valence-corrected chi connectivity index (χ0v) is 25.6. The fourth-order valence-corrected chi connectivity index (χ4v) is 8.12. The van der Waals surface area contributed by atoms with E-state index in [1.807, 2.05) is 0 Å². The van der Waals surface area contributed by atoms with Gasteiger partial charge in [0.05, 0.1) is 30.7 Å². The molecule has 3 saturated heterocycles. The van der Waals surface area contributed by atoms with Gasteiger partial charge in [-0.25, -0.2) is 9.69 Å². The number of urea groups is 1. The number of carbonyl (C=O) groups is 4. The maximum Gasteiger partial charge on any atom is 0.332 e. The Bertz CT molecular complexity index is 1640. The van der Waals surface area contributed by atoms with Gasteiger partial charge in [0.25, 0.3) is 5.91 Å². The highest BCUT2D eigenvalue weighted by Crippen LogP contribution is 2.60. The molecule has 3 unspecified atom stereocenters. The van der Waals surface area contributed by atoms with E-state index in [2.05, 4.69) is 0 Å². The number of hydrogen-bond acceptors (Lipinski definition) is 5. The van der Waals surface area contributed by atoms with Crippen molar-refractivity contribution in [2.45, 2.75) is 56.1 Å². The molecule has 3 aliphatic heterocycles. The second-order valence-corrected chi connectivity index (χ2v) is 12.9. The van der Waals surface area contributed by atoms with Gasteiger partial charge in [-0.1, -0.05) is 66.7 Å². The van der Waals surface area contributed by atoms with Crippen LogP contribution in [-0.2, 0) is 20.8 Å². The summed E-state index contributed by atoms with van der Waals surface area (Å²) in [5.41, 5.74) is 0.0874. The SMILES string of the molecule is COc1ccc(N2C(=O)N3C(c4ccc(Cl)cc4)C4C(=O)N(C5CCCCC5)C(=O)C4[C@]3(Cc3ccc(Cl)cc3)C2=O)cc1. The normalized spacial score (nSPS) is 26.9. The zero-order chi connectivity index (χ0) is 30.7. The first-order valence-electron chi connectivity index (χ1n) is 14.9. The third kappa shape index (κ3) is 4.25. The Morgan fingerprint density at radius 3 is 2.02 bits per heavy atom. The molecule has 0 bridgehead atoms. The molecule has 226 valence electrons. The zero-order valence-electron chi connectivity index (χ0n) is 24.1. The molecular formula is C34H31Cl2N3O5. The summed E-state index contributed by atoms with van der Waals surface area (Å²) in [6, 6.07) is 19.0. The molecule has 1 saturated carbocycles. The number of fused-ring (bicyclic) bond motifs is 3. The summed E-state index contributed by atoms with van der Waals surface area (Å²) < 4.78 is 5.30. The Morgan fingerprint density at radius 1 is 0.795 bits per heavy atom. The van der Waals surface area contributed by atoms with Gasteiger partial charge in [-0.3, -0.25) is 19.3 Å². The smallest absolute Gasteiger partial charge is 0.332 e. The fourth-order valence-electron chi connectivity index (χ4n) is 7.87. The molecule has 0 spiro atoms. The summed E-state index contributed by atoms with van der Waals surface area (Å²) in [7, 11) is 1.54. The first-order valence-corrected chi connectivity index (χ1v) is 15.7. The number of amides is 5. The Morgan fingerprint density at radius 2 is 1.41 bits per heavy atom. The van der Waals surface area contributed by atoms with Crippen molar-refractivity contribution in [2.75, 3.05) is 12.0 Å². The number of likely N-dealkylation sites (tertiary alicyclic amines) is 1. The van der Waals surface area contributed by atoms with E-state index >= 15 is 0 Å². The van der Waals surface area contributed by atoms with E-state index in [0.717, 1.165) is 42.6 Å². The van der Waals surface area contributed by atoms with Gasteiger partial charge in [-0.15, -0.1) is 0 Å². The van der Waals surface area contributed by atoms with E-state index in [1.54, 1.807) is 72.8 Å². The van der Waals surface area contributed by atoms with Crippen LogP contribution < -0.4 is 9.64 Å². The number of anilines is 1. The number of methoxy groups -OCH3 is 1. The lowest BCUT2D eigenvalue weighted by Crippen LogP contribution is -2.56. The van der Waals surface area contributed by atoms with E-state index in [1.165, 1.54) is 16.9 Å². The van der Waals surface area contributed by atoms with Crippen LogP contribution >= 0.6 is 23.2 Å². The highest BCUT2D eigenvalue weighted by atomic mass is 35.5. The number of rotatable bonds is 6. The van der Waals surface area contributed by atoms with Crippen LogP contribution in [-0.4, -0.2) is 52.2 Å². The molecule has 0 N–H and O–H groups in total. The molecule has 7 rings (SSSR count). The Balaban J connectivity index is 1.44. The predicted octanol–water partition coefficient (Wildman–Crippen LogP) is 6.44.